The Morgan fingerprint density at radius 3 is 2.63 bits per heavy atom. The molecule has 3 rings (SSSR count). The van der Waals surface area contributed by atoms with Gasteiger partial charge in [0.15, 0.2) is 6.10 Å². The van der Waals surface area contributed by atoms with Crippen LogP contribution in [0.15, 0.2) is 42.5 Å². The molecule has 1 aliphatic heterocycles. The molecule has 0 saturated carbocycles. The number of amides is 1. The monoisotopic (exact) mass is 400 g/mol. The molecule has 2 aromatic carbocycles. The molecule has 1 aliphatic rings. The minimum atomic E-state index is -4.54. The van der Waals surface area contributed by atoms with Crippen molar-refractivity contribution in [2.24, 2.45) is 0 Å². The summed E-state index contributed by atoms with van der Waals surface area (Å²) in [6, 6.07) is 10.8. The fraction of sp³-hybridized carbons (Fsp3) is 0.316. The zero-order valence-corrected chi connectivity index (χ0v) is 15.4. The normalized spacial score (nSPS) is 14.1. The molecule has 4 nitrogen and oxygen atoms in total. The first-order valence-electron chi connectivity index (χ1n) is 8.26. The van der Waals surface area contributed by atoms with Crippen molar-refractivity contribution in [1.82, 2.24) is 10.6 Å². The summed E-state index contributed by atoms with van der Waals surface area (Å²) in [4.78, 5) is 12.2. The van der Waals surface area contributed by atoms with Crippen LogP contribution in [0.25, 0.3) is 0 Å². The maximum absolute atomic E-state index is 13.0. The molecule has 1 unspecified atom stereocenters. The summed E-state index contributed by atoms with van der Waals surface area (Å²) in [5.41, 5.74) is 2.47. The Balaban J connectivity index is 0.00000261. The number of carbonyl (C=O) groups is 1. The Morgan fingerprint density at radius 1 is 1.19 bits per heavy atom. The van der Waals surface area contributed by atoms with Crippen LogP contribution in [0.5, 0.6) is 5.75 Å². The van der Waals surface area contributed by atoms with Crippen molar-refractivity contribution in [3.8, 4) is 5.75 Å². The molecule has 0 aliphatic carbocycles. The topological polar surface area (TPSA) is 50.4 Å². The minimum Gasteiger partial charge on any atom is -0.480 e. The van der Waals surface area contributed by atoms with Crippen molar-refractivity contribution in [2.45, 2.75) is 38.8 Å². The van der Waals surface area contributed by atoms with Gasteiger partial charge in [-0.05, 0) is 35.7 Å². The number of alkyl halides is 3. The Morgan fingerprint density at radius 2 is 1.89 bits per heavy atom. The summed E-state index contributed by atoms with van der Waals surface area (Å²) in [5, 5.41) is 5.95. The molecule has 27 heavy (non-hydrogen) atoms. The van der Waals surface area contributed by atoms with E-state index in [1.165, 1.54) is 36.2 Å². The molecule has 2 N–H and O–H groups in total. The molecule has 1 heterocycles. The molecular formula is C19H20ClF3N2O2. The average molecular weight is 401 g/mol. The summed E-state index contributed by atoms with van der Waals surface area (Å²) in [5.74, 6) is -0.827. The maximum atomic E-state index is 13.0. The van der Waals surface area contributed by atoms with Crippen LogP contribution in [0, 0.1) is 0 Å². The molecule has 2 aromatic rings. The van der Waals surface area contributed by atoms with Gasteiger partial charge in [-0.15, -0.1) is 12.4 Å². The van der Waals surface area contributed by atoms with Crippen molar-refractivity contribution in [2.75, 3.05) is 0 Å². The van der Waals surface area contributed by atoms with Crippen molar-refractivity contribution in [3.63, 3.8) is 0 Å². The van der Waals surface area contributed by atoms with Crippen LogP contribution in [-0.2, 0) is 30.6 Å². The van der Waals surface area contributed by atoms with E-state index in [0.717, 1.165) is 24.7 Å². The first-order chi connectivity index (χ1) is 12.3. The predicted octanol–water partition coefficient (Wildman–Crippen LogP) is 3.81. The third-order valence-corrected chi connectivity index (χ3v) is 4.23. The van der Waals surface area contributed by atoms with E-state index in [0.29, 0.717) is 6.54 Å². The number of benzene rings is 2. The van der Waals surface area contributed by atoms with E-state index < -0.39 is 23.8 Å². The third-order valence-electron chi connectivity index (χ3n) is 4.23. The van der Waals surface area contributed by atoms with Crippen molar-refractivity contribution >= 4 is 18.3 Å². The lowest BCUT2D eigenvalue weighted by Crippen LogP contribution is -2.36. The van der Waals surface area contributed by atoms with Gasteiger partial charge >= 0.3 is 6.18 Å². The molecule has 0 spiro atoms. The Bertz CT molecular complexity index is 812. The van der Waals surface area contributed by atoms with Crippen molar-refractivity contribution in [3.05, 3.63) is 64.7 Å². The SMILES string of the molecule is CC(Oc1ccccc1C(F)(F)F)C(=O)NCc1ccc2c(c1)CNC2.Cl. The van der Waals surface area contributed by atoms with E-state index in [4.69, 9.17) is 4.74 Å². The van der Waals surface area contributed by atoms with Crippen LogP contribution in [-0.4, -0.2) is 12.0 Å². The Kier molecular flexibility index (Phi) is 6.73. The standard InChI is InChI=1S/C19H19F3N2O2.ClH/c1-12(26-17-5-3-2-4-16(17)19(20,21)22)18(25)24-9-13-6-7-14-10-23-11-15(14)8-13;/h2-8,12,23H,9-11H2,1H3,(H,24,25);1H. The van der Waals surface area contributed by atoms with Crippen LogP contribution >= 0.6 is 12.4 Å². The molecular weight excluding hydrogens is 381 g/mol. The first-order valence-corrected chi connectivity index (χ1v) is 8.26. The predicted molar refractivity (Wildman–Crippen MR) is 97.6 cm³/mol. The lowest BCUT2D eigenvalue weighted by Gasteiger charge is -2.18. The minimum absolute atomic E-state index is 0. The molecule has 8 heteroatoms. The van der Waals surface area contributed by atoms with Crippen LogP contribution < -0.4 is 15.4 Å². The first kappa shape index (κ1) is 21.1. The van der Waals surface area contributed by atoms with Gasteiger partial charge in [0.1, 0.15) is 5.75 Å². The van der Waals surface area contributed by atoms with Crippen molar-refractivity contribution < 1.29 is 22.7 Å². The van der Waals surface area contributed by atoms with Crippen LogP contribution in [0.3, 0.4) is 0 Å². The van der Waals surface area contributed by atoms with Crippen LogP contribution in [0.4, 0.5) is 13.2 Å². The largest absolute Gasteiger partial charge is 0.480 e. The van der Waals surface area contributed by atoms with Crippen molar-refractivity contribution in [1.29, 1.82) is 0 Å². The zero-order valence-electron chi connectivity index (χ0n) is 14.6. The molecule has 1 atom stereocenters. The van der Waals surface area contributed by atoms with Gasteiger partial charge in [0.25, 0.3) is 5.91 Å². The summed E-state index contributed by atoms with van der Waals surface area (Å²) < 4.78 is 44.2. The van der Waals surface area contributed by atoms with E-state index in [2.05, 4.69) is 10.6 Å². The van der Waals surface area contributed by atoms with E-state index in [-0.39, 0.29) is 18.2 Å². The summed E-state index contributed by atoms with van der Waals surface area (Å²) in [6.07, 6.45) is -5.58. The second kappa shape index (κ2) is 8.63. The van der Waals surface area contributed by atoms with Crippen LogP contribution in [0.2, 0.25) is 0 Å². The van der Waals surface area contributed by atoms with Gasteiger partial charge in [-0.2, -0.15) is 13.2 Å². The highest BCUT2D eigenvalue weighted by molar-refractivity contribution is 5.85. The lowest BCUT2D eigenvalue weighted by atomic mass is 10.1. The van der Waals surface area contributed by atoms with E-state index in [9.17, 15) is 18.0 Å². The lowest BCUT2D eigenvalue weighted by molar-refractivity contribution is -0.140. The fourth-order valence-electron chi connectivity index (χ4n) is 2.84. The quantitative estimate of drug-likeness (QED) is 0.802. The fourth-order valence-corrected chi connectivity index (χ4v) is 2.84. The molecule has 0 bridgehead atoms. The molecule has 0 fully saturated rings. The number of rotatable bonds is 5. The molecule has 1 amide bonds. The van der Waals surface area contributed by atoms with Crippen LogP contribution in [0.1, 0.15) is 29.2 Å². The van der Waals surface area contributed by atoms with Gasteiger partial charge in [0.05, 0.1) is 5.56 Å². The van der Waals surface area contributed by atoms with Gasteiger partial charge in [-0.1, -0.05) is 30.3 Å². The van der Waals surface area contributed by atoms with E-state index in [1.54, 1.807) is 0 Å². The number of halogens is 4. The Labute approximate surface area is 161 Å². The number of para-hydroxylation sites is 1. The van der Waals surface area contributed by atoms with Gasteiger partial charge in [0.2, 0.25) is 0 Å². The molecule has 0 aromatic heterocycles. The summed E-state index contributed by atoms with van der Waals surface area (Å²) >= 11 is 0. The second-order valence-electron chi connectivity index (χ2n) is 6.18. The Hall–Kier alpha value is -2.25. The second-order valence-corrected chi connectivity index (χ2v) is 6.18. The van der Waals surface area contributed by atoms with Gasteiger partial charge in [0, 0.05) is 19.6 Å². The number of fused-ring (bicyclic) bond motifs is 1. The van der Waals surface area contributed by atoms with E-state index in [1.807, 2.05) is 18.2 Å². The number of carbonyl (C=O) groups excluding carboxylic acids is 1. The molecule has 0 radical (unpaired) electrons. The van der Waals surface area contributed by atoms with E-state index >= 15 is 0 Å². The summed E-state index contributed by atoms with van der Waals surface area (Å²) in [7, 11) is 0. The number of ether oxygens (including phenoxy) is 1. The highest BCUT2D eigenvalue weighted by Gasteiger charge is 2.34. The maximum Gasteiger partial charge on any atom is 0.419 e. The highest BCUT2D eigenvalue weighted by Crippen LogP contribution is 2.36. The number of hydrogen-bond donors (Lipinski definition) is 2. The zero-order chi connectivity index (χ0) is 18.7. The van der Waals surface area contributed by atoms with Gasteiger partial charge in [-0.3, -0.25) is 4.79 Å². The molecule has 0 saturated heterocycles. The third kappa shape index (κ3) is 5.14. The summed E-state index contributed by atoms with van der Waals surface area (Å²) in [6.45, 7) is 3.35. The number of hydrogen-bond acceptors (Lipinski definition) is 3. The highest BCUT2D eigenvalue weighted by atomic mass is 35.5. The van der Waals surface area contributed by atoms with Gasteiger partial charge in [-0.25, -0.2) is 0 Å². The average Bonchev–Trinajstić information content (AvgIpc) is 3.06. The smallest absolute Gasteiger partial charge is 0.419 e. The van der Waals surface area contributed by atoms with Gasteiger partial charge < -0.3 is 15.4 Å². The molecule has 146 valence electrons. The number of nitrogens with one attached hydrogen (secondary N) is 2.